The normalized spacial score (nSPS) is 11.0. The number of hydrogen-bond donors (Lipinski definition) is 1. The summed E-state index contributed by atoms with van der Waals surface area (Å²) < 4.78 is 32.9. The highest BCUT2D eigenvalue weighted by Crippen LogP contribution is 2.27. The molecular formula is C23H23N3O6S. The van der Waals surface area contributed by atoms with Gasteiger partial charge in [-0.3, -0.25) is 19.2 Å². The summed E-state index contributed by atoms with van der Waals surface area (Å²) in [6, 6.07) is 16.9. The monoisotopic (exact) mass is 469 g/mol. The second kappa shape index (κ2) is 9.70. The molecule has 0 aromatic heterocycles. The Balaban J connectivity index is 1.95. The van der Waals surface area contributed by atoms with E-state index in [-0.39, 0.29) is 21.8 Å². The molecule has 1 amide bonds. The van der Waals surface area contributed by atoms with Crippen molar-refractivity contribution in [3.8, 4) is 5.75 Å². The summed E-state index contributed by atoms with van der Waals surface area (Å²) in [6.45, 7) is 2.85. The van der Waals surface area contributed by atoms with Crippen LogP contribution in [0.4, 0.5) is 17.1 Å². The first-order valence-corrected chi connectivity index (χ1v) is 11.3. The number of nitrogens with one attached hydrogen (secondary N) is 1. The number of rotatable bonds is 8. The lowest BCUT2D eigenvalue weighted by molar-refractivity contribution is -0.385. The Labute approximate surface area is 191 Å². The fraction of sp³-hybridized carbons (Fsp3) is 0.174. The molecule has 0 aliphatic carbocycles. The zero-order chi connectivity index (χ0) is 24.2. The zero-order valence-electron chi connectivity index (χ0n) is 18.3. The lowest BCUT2D eigenvalue weighted by Crippen LogP contribution is -2.38. The standard InChI is InChI=1S/C23H23N3O6S/c1-16-7-9-18(10-8-16)25(33(30,31)20-13-11-19(32-3)12-14-20)15-23(27)24-21-5-4-6-22(17(21)2)26(28)29/h4-14H,15H2,1-3H3,(H,24,27). The van der Waals surface area contributed by atoms with Crippen molar-refractivity contribution in [2.24, 2.45) is 0 Å². The number of anilines is 2. The number of carbonyl (C=O) groups is 1. The lowest BCUT2D eigenvalue weighted by atomic mass is 10.1. The van der Waals surface area contributed by atoms with E-state index < -0.39 is 27.4 Å². The molecule has 0 spiro atoms. The Hall–Kier alpha value is -3.92. The van der Waals surface area contributed by atoms with Gasteiger partial charge in [0.2, 0.25) is 5.91 Å². The van der Waals surface area contributed by atoms with Crippen LogP contribution in [0.25, 0.3) is 0 Å². The molecule has 0 fully saturated rings. The number of benzene rings is 3. The first-order chi connectivity index (χ1) is 15.6. The summed E-state index contributed by atoms with van der Waals surface area (Å²) in [6.07, 6.45) is 0. The number of sulfonamides is 1. The van der Waals surface area contributed by atoms with Crippen molar-refractivity contribution < 1.29 is 22.9 Å². The molecule has 0 heterocycles. The molecule has 0 unspecified atom stereocenters. The van der Waals surface area contributed by atoms with Crippen LogP contribution in [-0.2, 0) is 14.8 Å². The Morgan fingerprint density at radius 2 is 1.67 bits per heavy atom. The Morgan fingerprint density at radius 1 is 1.03 bits per heavy atom. The largest absolute Gasteiger partial charge is 0.497 e. The Morgan fingerprint density at radius 3 is 2.24 bits per heavy atom. The molecular weight excluding hydrogens is 446 g/mol. The molecule has 3 rings (SSSR count). The molecule has 0 radical (unpaired) electrons. The van der Waals surface area contributed by atoms with E-state index in [1.54, 1.807) is 24.3 Å². The third-order valence-electron chi connectivity index (χ3n) is 5.03. The maximum Gasteiger partial charge on any atom is 0.274 e. The van der Waals surface area contributed by atoms with Crippen LogP contribution in [0.5, 0.6) is 5.75 Å². The number of methoxy groups -OCH3 is 1. The Bertz CT molecular complexity index is 1270. The van der Waals surface area contributed by atoms with Crippen molar-refractivity contribution in [1.82, 2.24) is 0 Å². The number of carbonyl (C=O) groups excluding carboxylic acids is 1. The van der Waals surface area contributed by atoms with Gasteiger partial charge >= 0.3 is 0 Å². The van der Waals surface area contributed by atoms with Crippen LogP contribution in [0, 0.1) is 24.0 Å². The fourth-order valence-corrected chi connectivity index (χ4v) is 4.60. The fourth-order valence-electron chi connectivity index (χ4n) is 3.18. The van der Waals surface area contributed by atoms with Gasteiger partial charge in [-0.15, -0.1) is 0 Å². The summed E-state index contributed by atoms with van der Waals surface area (Å²) >= 11 is 0. The van der Waals surface area contributed by atoms with E-state index in [1.807, 2.05) is 6.92 Å². The maximum absolute atomic E-state index is 13.4. The SMILES string of the molecule is COc1ccc(S(=O)(=O)N(CC(=O)Nc2cccc([N+](=O)[O-])c2C)c2ccc(C)cc2)cc1. The van der Waals surface area contributed by atoms with Gasteiger partial charge in [-0.2, -0.15) is 0 Å². The van der Waals surface area contributed by atoms with E-state index in [2.05, 4.69) is 5.32 Å². The predicted molar refractivity (Wildman–Crippen MR) is 125 cm³/mol. The van der Waals surface area contributed by atoms with Crippen molar-refractivity contribution in [3.63, 3.8) is 0 Å². The number of hydrogen-bond acceptors (Lipinski definition) is 6. The van der Waals surface area contributed by atoms with Crippen LogP contribution in [-0.4, -0.2) is 32.9 Å². The van der Waals surface area contributed by atoms with Gasteiger partial charge in [0.05, 0.1) is 33.9 Å². The molecule has 0 aliphatic rings. The van der Waals surface area contributed by atoms with Gasteiger partial charge in [0.25, 0.3) is 15.7 Å². The van der Waals surface area contributed by atoms with Gasteiger partial charge in [-0.25, -0.2) is 8.42 Å². The average Bonchev–Trinajstić information content (AvgIpc) is 2.79. The zero-order valence-corrected chi connectivity index (χ0v) is 19.1. The van der Waals surface area contributed by atoms with Crippen LogP contribution < -0.4 is 14.4 Å². The van der Waals surface area contributed by atoms with Gasteiger partial charge < -0.3 is 10.1 Å². The molecule has 33 heavy (non-hydrogen) atoms. The summed E-state index contributed by atoms with van der Waals surface area (Å²) in [7, 11) is -2.63. The van der Waals surface area contributed by atoms with E-state index in [9.17, 15) is 23.3 Å². The molecule has 9 nitrogen and oxygen atoms in total. The van der Waals surface area contributed by atoms with Crippen molar-refractivity contribution >= 4 is 33.0 Å². The molecule has 0 saturated heterocycles. The van der Waals surface area contributed by atoms with Crippen molar-refractivity contribution in [3.05, 3.63) is 88.0 Å². The number of aryl methyl sites for hydroxylation is 1. The molecule has 172 valence electrons. The van der Waals surface area contributed by atoms with Crippen molar-refractivity contribution in [2.75, 3.05) is 23.3 Å². The summed E-state index contributed by atoms with van der Waals surface area (Å²) in [5.41, 5.74) is 1.60. The van der Waals surface area contributed by atoms with Gasteiger partial charge in [0.15, 0.2) is 0 Å². The van der Waals surface area contributed by atoms with Gasteiger partial charge in [0, 0.05) is 6.07 Å². The molecule has 3 aromatic carbocycles. The van der Waals surface area contributed by atoms with E-state index >= 15 is 0 Å². The number of amides is 1. The van der Waals surface area contributed by atoms with Crippen LogP contribution in [0.15, 0.2) is 71.6 Å². The van der Waals surface area contributed by atoms with Gasteiger partial charge in [-0.1, -0.05) is 23.8 Å². The van der Waals surface area contributed by atoms with Gasteiger partial charge in [0.1, 0.15) is 12.3 Å². The third kappa shape index (κ3) is 5.29. The molecule has 0 saturated carbocycles. The van der Waals surface area contributed by atoms with Crippen LogP contribution in [0.3, 0.4) is 0 Å². The highest BCUT2D eigenvalue weighted by Gasteiger charge is 2.28. The minimum Gasteiger partial charge on any atom is -0.497 e. The third-order valence-corrected chi connectivity index (χ3v) is 6.82. The lowest BCUT2D eigenvalue weighted by Gasteiger charge is -2.24. The van der Waals surface area contributed by atoms with Crippen LogP contribution in [0.1, 0.15) is 11.1 Å². The minimum absolute atomic E-state index is 0.0109. The van der Waals surface area contributed by atoms with Crippen LogP contribution in [0.2, 0.25) is 0 Å². The molecule has 1 N–H and O–H groups in total. The highest BCUT2D eigenvalue weighted by atomic mass is 32.2. The average molecular weight is 470 g/mol. The van der Waals surface area contributed by atoms with Crippen LogP contribution >= 0.6 is 0 Å². The summed E-state index contributed by atoms with van der Waals surface area (Å²) in [5.74, 6) is -0.147. The second-order valence-corrected chi connectivity index (χ2v) is 9.14. The van der Waals surface area contributed by atoms with E-state index in [0.29, 0.717) is 11.4 Å². The molecule has 10 heteroatoms. The highest BCUT2D eigenvalue weighted by molar-refractivity contribution is 7.92. The smallest absolute Gasteiger partial charge is 0.274 e. The molecule has 0 aliphatic heterocycles. The number of ether oxygens (including phenoxy) is 1. The maximum atomic E-state index is 13.4. The van der Waals surface area contributed by atoms with Crippen molar-refractivity contribution in [2.45, 2.75) is 18.7 Å². The summed E-state index contributed by atoms with van der Waals surface area (Å²) in [4.78, 5) is 23.5. The quantitative estimate of drug-likeness (QED) is 0.393. The molecule has 0 atom stereocenters. The van der Waals surface area contributed by atoms with Crippen molar-refractivity contribution in [1.29, 1.82) is 0 Å². The molecule has 0 bridgehead atoms. The number of nitrogens with zero attached hydrogens (tertiary/aromatic N) is 2. The minimum atomic E-state index is -4.10. The van der Waals surface area contributed by atoms with Gasteiger partial charge in [-0.05, 0) is 56.3 Å². The Kier molecular flexibility index (Phi) is 6.98. The topological polar surface area (TPSA) is 119 Å². The van der Waals surface area contributed by atoms with E-state index in [4.69, 9.17) is 4.74 Å². The predicted octanol–water partition coefficient (Wildman–Crippen LogP) is 4.05. The first-order valence-electron chi connectivity index (χ1n) is 9.91. The number of nitro benzene ring substituents is 1. The number of nitro groups is 1. The van der Waals surface area contributed by atoms with E-state index in [1.165, 1.54) is 56.5 Å². The van der Waals surface area contributed by atoms with E-state index in [0.717, 1.165) is 9.87 Å². The summed E-state index contributed by atoms with van der Waals surface area (Å²) in [5, 5.41) is 13.8. The molecule has 3 aromatic rings. The first kappa shape index (κ1) is 23.7. The second-order valence-electron chi connectivity index (χ2n) is 7.28.